The summed E-state index contributed by atoms with van der Waals surface area (Å²) in [6, 6.07) is 9.46. The molecule has 1 N–H and O–H groups in total. The number of aryl methyl sites for hydroxylation is 1. The van der Waals surface area contributed by atoms with Crippen LogP contribution in [0.25, 0.3) is 21.6 Å². The highest BCUT2D eigenvalue weighted by atomic mass is 32.1. The molecule has 0 atom stereocenters. The van der Waals surface area contributed by atoms with Crippen molar-refractivity contribution in [3.05, 3.63) is 40.8 Å². The zero-order chi connectivity index (χ0) is 17.3. The van der Waals surface area contributed by atoms with Crippen LogP contribution in [0.5, 0.6) is 0 Å². The van der Waals surface area contributed by atoms with Gasteiger partial charge in [0.15, 0.2) is 5.82 Å². The maximum absolute atomic E-state index is 11.9. The number of fused-ring (bicyclic) bond motifs is 1. The number of carbonyl (C=O) groups is 2. The van der Waals surface area contributed by atoms with Crippen molar-refractivity contribution < 1.29 is 14.3 Å². The third-order valence-electron chi connectivity index (χ3n) is 3.49. The van der Waals surface area contributed by atoms with E-state index >= 15 is 0 Å². The SMILES string of the molecule is COC(=O)c1sc2nc(-c3ccccc3)nc(NC(C)=O)c2c1C. The molecule has 0 fully saturated rings. The van der Waals surface area contributed by atoms with E-state index in [0.717, 1.165) is 5.56 Å². The van der Waals surface area contributed by atoms with Crippen LogP contribution in [-0.4, -0.2) is 29.0 Å². The number of rotatable bonds is 3. The van der Waals surface area contributed by atoms with Gasteiger partial charge in [0.25, 0.3) is 0 Å². The number of methoxy groups -OCH3 is 1. The number of aromatic nitrogens is 2. The molecule has 2 aromatic heterocycles. The Morgan fingerprint density at radius 3 is 2.50 bits per heavy atom. The van der Waals surface area contributed by atoms with Gasteiger partial charge in [-0.2, -0.15) is 0 Å². The number of amides is 1. The molecule has 0 radical (unpaired) electrons. The first-order valence-corrected chi connectivity index (χ1v) is 8.05. The Morgan fingerprint density at radius 2 is 1.88 bits per heavy atom. The van der Waals surface area contributed by atoms with E-state index in [-0.39, 0.29) is 5.91 Å². The van der Waals surface area contributed by atoms with E-state index in [1.54, 1.807) is 6.92 Å². The minimum atomic E-state index is -0.425. The second-order valence-electron chi connectivity index (χ2n) is 5.17. The second-order valence-corrected chi connectivity index (χ2v) is 6.17. The largest absolute Gasteiger partial charge is 0.465 e. The number of thiophene rings is 1. The van der Waals surface area contributed by atoms with Crippen LogP contribution < -0.4 is 5.32 Å². The van der Waals surface area contributed by atoms with Gasteiger partial charge in [-0.1, -0.05) is 30.3 Å². The van der Waals surface area contributed by atoms with E-state index in [1.807, 2.05) is 30.3 Å². The first-order valence-electron chi connectivity index (χ1n) is 7.23. The lowest BCUT2D eigenvalue weighted by Gasteiger charge is -2.07. The Labute approximate surface area is 142 Å². The molecule has 3 aromatic rings. The van der Waals surface area contributed by atoms with Crippen molar-refractivity contribution in [3.8, 4) is 11.4 Å². The van der Waals surface area contributed by atoms with Crippen molar-refractivity contribution in [2.75, 3.05) is 12.4 Å². The van der Waals surface area contributed by atoms with Gasteiger partial charge >= 0.3 is 5.97 Å². The molecule has 3 rings (SSSR count). The molecule has 7 heteroatoms. The third-order valence-corrected chi connectivity index (χ3v) is 4.65. The van der Waals surface area contributed by atoms with Gasteiger partial charge < -0.3 is 10.1 Å². The summed E-state index contributed by atoms with van der Waals surface area (Å²) in [4.78, 5) is 33.6. The third kappa shape index (κ3) is 2.85. The van der Waals surface area contributed by atoms with Crippen molar-refractivity contribution in [1.29, 1.82) is 0 Å². The number of nitrogens with zero attached hydrogens (tertiary/aromatic N) is 2. The summed E-state index contributed by atoms with van der Waals surface area (Å²) in [7, 11) is 1.34. The van der Waals surface area contributed by atoms with E-state index < -0.39 is 5.97 Å². The summed E-state index contributed by atoms with van der Waals surface area (Å²) in [5.41, 5.74) is 1.53. The van der Waals surface area contributed by atoms with Gasteiger partial charge in [0.05, 0.1) is 12.5 Å². The van der Waals surface area contributed by atoms with Gasteiger partial charge in [0.2, 0.25) is 5.91 Å². The Bertz CT molecular complexity index is 935. The molecule has 24 heavy (non-hydrogen) atoms. The summed E-state index contributed by atoms with van der Waals surface area (Å²) in [6.45, 7) is 3.21. The number of benzene rings is 1. The Balaban J connectivity index is 2.27. The first-order chi connectivity index (χ1) is 11.5. The molecule has 1 amide bonds. The van der Waals surface area contributed by atoms with E-state index in [0.29, 0.717) is 32.3 Å². The zero-order valence-corrected chi connectivity index (χ0v) is 14.2. The van der Waals surface area contributed by atoms with Crippen molar-refractivity contribution >= 4 is 39.2 Å². The summed E-state index contributed by atoms with van der Waals surface area (Å²) in [6.07, 6.45) is 0. The lowest BCUT2D eigenvalue weighted by molar-refractivity contribution is -0.114. The standard InChI is InChI=1S/C17H15N3O3S/c1-9-12-15(18-10(2)21)19-14(11-7-5-4-6-8-11)20-16(12)24-13(9)17(22)23-3/h4-8H,1-3H3,(H,18,19,20,21). The number of hydrogen-bond donors (Lipinski definition) is 1. The lowest BCUT2D eigenvalue weighted by atomic mass is 10.1. The van der Waals surface area contributed by atoms with Gasteiger partial charge in [-0.05, 0) is 12.5 Å². The number of hydrogen-bond acceptors (Lipinski definition) is 6. The van der Waals surface area contributed by atoms with Crippen LogP contribution in [0, 0.1) is 6.92 Å². The highest BCUT2D eigenvalue weighted by Gasteiger charge is 2.21. The van der Waals surface area contributed by atoms with Crippen LogP contribution in [0.4, 0.5) is 5.82 Å². The van der Waals surface area contributed by atoms with Crippen LogP contribution in [0.3, 0.4) is 0 Å². The lowest BCUT2D eigenvalue weighted by Crippen LogP contribution is -2.09. The Kier molecular flexibility index (Phi) is 4.26. The molecular formula is C17H15N3O3S. The zero-order valence-electron chi connectivity index (χ0n) is 13.4. The smallest absolute Gasteiger partial charge is 0.348 e. The molecule has 0 aliphatic heterocycles. The molecule has 6 nitrogen and oxygen atoms in total. The molecule has 0 aliphatic rings. The Morgan fingerprint density at radius 1 is 1.17 bits per heavy atom. The van der Waals surface area contributed by atoms with E-state index in [1.165, 1.54) is 25.4 Å². The minimum Gasteiger partial charge on any atom is -0.465 e. The average Bonchev–Trinajstić information content (AvgIpc) is 2.91. The number of esters is 1. The molecule has 0 bridgehead atoms. The fourth-order valence-electron chi connectivity index (χ4n) is 2.40. The Hall–Kier alpha value is -2.80. The predicted molar refractivity (Wildman–Crippen MR) is 93.2 cm³/mol. The number of anilines is 1. The summed E-state index contributed by atoms with van der Waals surface area (Å²) in [5, 5.41) is 3.40. The van der Waals surface area contributed by atoms with Crippen LogP contribution >= 0.6 is 11.3 Å². The maximum atomic E-state index is 11.9. The van der Waals surface area contributed by atoms with Gasteiger partial charge in [0, 0.05) is 12.5 Å². The molecule has 0 spiro atoms. The topological polar surface area (TPSA) is 81.2 Å². The second kappa shape index (κ2) is 6.37. The fraction of sp³-hybridized carbons (Fsp3) is 0.176. The van der Waals surface area contributed by atoms with Crippen LogP contribution in [0.1, 0.15) is 22.2 Å². The number of carbonyl (C=O) groups excluding carboxylic acids is 2. The highest BCUT2D eigenvalue weighted by Crippen LogP contribution is 2.35. The molecule has 0 unspecified atom stereocenters. The van der Waals surface area contributed by atoms with Crippen LogP contribution in [0.15, 0.2) is 30.3 Å². The number of nitrogens with one attached hydrogen (secondary N) is 1. The molecule has 0 aliphatic carbocycles. The predicted octanol–water partition coefficient (Wildman–Crippen LogP) is 3.41. The molecule has 0 saturated carbocycles. The summed E-state index contributed by atoms with van der Waals surface area (Å²) >= 11 is 1.23. The first kappa shape index (κ1) is 16.1. The van der Waals surface area contributed by atoms with Crippen molar-refractivity contribution in [2.45, 2.75) is 13.8 Å². The van der Waals surface area contributed by atoms with Crippen LogP contribution in [0.2, 0.25) is 0 Å². The molecule has 122 valence electrons. The van der Waals surface area contributed by atoms with Crippen molar-refractivity contribution in [1.82, 2.24) is 9.97 Å². The van der Waals surface area contributed by atoms with E-state index in [4.69, 9.17) is 4.74 Å². The van der Waals surface area contributed by atoms with Gasteiger partial charge in [-0.25, -0.2) is 14.8 Å². The molecule has 0 saturated heterocycles. The fourth-order valence-corrected chi connectivity index (χ4v) is 3.50. The monoisotopic (exact) mass is 341 g/mol. The highest BCUT2D eigenvalue weighted by molar-refractivity contribution is 7.20. The van der Waals surface area contributed by atoms with Gasteiger partial charge in [0.1, 0.15) is 15.5 Å². The van der Waals surface area contributed by atoms with Crippen molar-refractivity contribution in [3.63, 3.8) is 0 Å². The quantitative estimate of drug-likeness (QED) is 0.738. The van der Waals surface area contributed by atoms with Crippen LogP contribution in [-0.2, 0) is 9.53 Å². The van der Waals surface area contributed by atoms with Gasteiger partial charge in [-0.15, -0.1) is 11.3 Å². The molecule has 2 heterocycles. The summed E-state index contributed by atoms with van der Waals surface area (Å²) in [5.74, 6) is 0.226. The van der Waals surface area contributed by atoms with Gasteiger partial charge in [-0.3, -0.25) is 4.79 Å². The minimum absolute atomic E-state index is 0.237. The summed E-state index contributed by atoms with van der Waals surface area (Å²) < 4.78 is 4.82. The molecule has 1 aromatic carbocycles. The average molecular weight is 341 g/mol. The van der Waals surface area contributed by atoms with E-state index in [2.05, 4.69) is 15.3 Å². The normalized spacial score (nSPS) is 10.6. The number of ether oxygens (including phenoxy) is 1. The maximum Gasteiger partial charge on any atom is 0.348 e. The van der Waals surface area contributed by atoms with E-state index in [9.17, 15) is 9.59 Å². The van der Waals surface area contributed by atoms with Crippen molar-refractivity contribution in [2.24, 2.45) is 0 Å². The molecular weight excluding hydrogens is 326 g/mol.